The quantitative estimate of drug-likeness (QED) is 0.573. The van der Waals surface area contributed by atoms with Gasteiger partial charge in [0.05, 0.1) is 5.92 Å². The van der Waals surface area contributed by atoms with Crippen molar-refractivity contribution in [3.63, 3.8) is 0 Å². The van der Waals surface area contributed by atoms with Gasteiger partial charge in [0.2, 0.25) is 0 Å². The largest absolute Gasteiger partial charge is 0.426 e. The van der Waals surface area contributed by atoms with Crippen LogP contribution in [0.15, 0.2) is 24.3 Å². The standard InChI is InChI=1S/C14H18O2/c1-10(2)12-8-3-4-9-13(12)16-14(15)11-6-5-7-11/h3-4,8-11H,5-7H2,1-2H3. The van der Waals surface area contributed by atoms with Gasteiger partial charge in [-0.3, -0.25) is 4.79 Å². The fraction of sp³-hybridized carbons (Fsp3) is 0.500. The van der Waals surface area contributed by atoms with Crippen molar-refractivity contribution in [1.29, 1.82) is 0 Å². The highest BCUT2D eigenvalue weighted by molar-refractivity contribution is 5.76. The summed E-state index contributed by atoms with van der Waals surface area (Å²) in [5.41, 5.74) is 1.11. The molecular weight excluding hydrogens is 200 g/mol. The molecule has 0 amide bonds. The summed E-state index contributed by atoms with van der Waals surface area (Å²) in [5.74, 6) is 1.19. The summed E-state index contributed by atoms with van der Waals surface area (Å²) in [4.78, 5) is 11.7. The second-order valence-corrected chi connectivity index (χ2v) is 4.74. The van der Waals surface area contributed by atoms with Crippen molar-refractivity contribution in [2.45, 2.75) is 39.0 Å². The zero-order valence-corrected chi connectivity index (χ0v) is 9.90. The highest BCUT2D eigenvalue weighted by Gasteiger charge is 2.27. The molecule has 0 atom stereocenters. The minimum absolute atomic E-state index is 0.0562. The van der Waals surface area contributed by atoms with E-state index in [9.17, 15) is 4.79 Å². The molecule has 0 spiro atoms. The van der Waals surface area contributed by atoms with Crippen LogP contribution in [0.3, 0.4) is 0 Å². The van der Waals surface area contributed by atoms with E-state index in [4.69, 9.17) is 4.74 Å². The normalized spacial score (nSPS) is 15.9. The van der Waals surface area contributed by atoms with Gasteiger partial charge in [-0.2, -0.15) is 0 Å². The van der Waals surface area contributed by atoms with Crippen molar-refractivity contribution < 1.29 is 9.53 Å². The van der Waals surface area contributed by atoms with Crippen molar-refractivity contribution in [2.24, 2.45) is 5.92 Å². The van der Waals surface area contributed by atoms with E-state index in [-0.39, 0.29) is 11.9 Å². The van der Waals surface area contributed by atoms with Crippen LogP contribution < -0.4 is 4.74 Å². The minimum atomic E-state index is -0.0562. The van der Waals surface area contributed by atoms with Crippen LogP contribution >= 0.6 is 0 Å². The number of carbonyl (C=O) groups excluding carboxylic acids is 1. The van der Waals surface area contributed by atoms with Crippen LogP contribution in [0, 0.1) is 5.92 Å². The average Bonchev–Trinajstić information content (AvgIpc) is 2.15. The molecule has 2 heteroatoms. The van der Waals surface area contributed by atoms with E-state index < -0.39 is 0 Å². The third-order valence-corrected chi connectivity index (χ3v) is 3.19. The first-order valence-electron chi connectivity index (χ1n) is 5.99. The molecule has 1 saturated carbocycles. The van der Waals surface area contributed by atoms with Crippen LogP contribution in [-0.4, -0.2) is 5.97 Å². The van der Waals surface area contributed by atoms with Gasteiger partial charge < -0.3 is 4.74 Å². The summed E-state index contributed by atoms with van der Waals surface area (Å²) in [6.45, 7) is 4.21. The van der Waals surface area contributed by atoms with Crippen molar-refractivity contribution in [3.05, 3.63) is 29.8 Å². The fourth-order valence-electron chi connectivity index (χ4n) is 1.89. The van der Waals surface area contributed by atoms with Crippen LogP contribution in [0.5, 0.6) is 5.75 Å². The lowest BCUT2D eigenvalue weighted by atomic mass is 9.86. The topological polar surface area (TPSA) is 26.3 Å². The molecule has 2 rings (SSSR count). The van der Waals surface area contributed by atoms with Crippen LogP contribution in [-0.2, 0) is 4.79 Å². The monoisotopic (exact) mass is 218 g/mol. The van der Waals surface area contributed by atoms with Gasteiger partial charge in [-0.05, 0) is 30.4 Å². The number of rotatable bonds is 3. The van der Waals surface area contributed by atoms with Crippen molar-refractivity contribution >= 4 is 5.97 Å². The Morgan fingerprint density at radius 2 is 2.00 bits per heavy atom. The van der Waals surface area contributed by atoms with Crippen LogP contribution in [0.25, 0.3) is 0 Å². The lowest BCUT2D eigenvalue weighted by molar-refractivity contribution is -0.141. The summed E-state index contributed by atoms with van der Waals surface area (Å²) in [5, 5.41) is 0. The predicted molar refractivity (Wildman–Crippen MR) is 63.5 cm³/mol. The Morgan fingerprint density at radius 1 is 1.31 bits per heavy atom. The Labute approximate surface area is 96.6 Å². The second kappa shape index (κ2) is 4.69. The third-order valence-electron chi connectivity index (χ3n) is 3.19. The van der Waals surface area contributed by atoms with Gasteiger partial charge in [0.1, 0.15) is 5.75 Å². The Hall–Kier alpha value is -1.31. The molecule has 0 bridgehead atoms. The molecule has 16 heavy (non-hydrogen) atoms. The number of hydrogen-bond donors (Lipinski definition) is 0. The van der Waals surface area contributed by atoms with E-state index in [2.05, 4.69) is 13.8 Å². The fourth-order valence-corrected chi connectivity index (χ4v) is 1.89. The highest BCUT2D eigenvalue weighted by Crippen LogP contribution is 2.31. The van der Waals surface area contributed by atoms with Gasteiger partial charge in [0, 0.05) is 0 Å². The molecule has 0 saturated heterocycles. The predicted octanol–water partition coefficient (Wildman–Crippen LogP) is 3.52. The third kappa shape index (κ3) is 2.26. The molecule has 1 aromatic rings. The maximum Gasteiger partial charge on any atom is 0.314 e. The zero-order chi connectivity index (χ0) is 11.5. The van der Waals surface area contributed by atoms with E-state index in [1.807, 2.05) is 24.3 Å². The molecule has 0 N–H and O–H groups in total. The first kappa shape index (κ1) is 11.2. The molecule has 0 unspecified atom stereocenters. The Morgan fingerprint density at radius 3 is 2.56 bits per heavy atom. The summed E-state index contributed by atoms with van der Waals surface area (Å²) >= 11 is 0. The molecule has 2 nitrogen and oxygen atoms in total. The first-order chi connectivity index (χ1) is 7.68. The minimum Gasteiger partial charge on any atom is -0.426 e. The van der Waals surface area contributed by atoms with E-state index in [1.54, 1.807) is 0 Å². The summed E-state index contributed by atoms with van der Waals surface area (Å²) < 4.78 is 5.47. The summed E-state index contributed by atoms with van der Waals surface area (Å²) in [6.07, 6.45) is 3.14. The smallest absolute Gasteiger partial charge is 0.314 e. The Kier molecular flexibility index (Phi) is 3.28. The molecule has 1 aliphatic carbocycles. The van der Waals surface area contributed by atoms with Crippen LogP contribution in [0.1, 0.15) is 44.6 Å². The van der Waals surface area contributed by atoms with Gasteiger partial charge >= 0.3 is 5.97 Å². The Bertz CT molecular complexity index is 378. The SMILES string of the molecule is CC(C)c1ccccc1OC(=O)C1CCC1. The molecule has 1 aromatic carbocycles. The lowest BCUT2D eigenvalue weighted by Crippen LogP contribution is -2.26. The van der Waals surface area contributed by atoms with Gasteiger partial charge in [-0.25, -0.2) is 0 Å². The maximum absolute atomic E-state index is 11.7. The van der Waals surface area contributed by atoms with Gasteiger partial charge in [-0.15, -0.1) is 0 Å². The highest BCUT2D eigenvalue weighted by atomic mass is 16.5. The Balaban J connectivity index is 2.10. The summed E-state index contributed by atoms with van der Waals surface area (Å²) in [7, 11) is 0. The number of para-hydroxylation sites is 1. The second-order valence-electron chi connectivity index (χ2n) is 4.74. The number of esters is 1. The molecule has 0 aromatic heterocycles. The van der Waals surface area contributed by atoms with E-state index in [0.29, 0.717) is 5.92 Å². The molecule has 1 fully saturated rings. The van der Waals surface area contributed by atoms with Gasteiger partial charge in [0.25, 0.3) is 0 Å². The molecule has 0 aliphatic heterocycles. The van der Waals surface area contributed by atoms with Gasteiger partial charge in [0.15, 0.2) is 0 Å². The number of hydrogen-bond acceptors (Lipinski definition) is 2. The van der Waals surface area contributed by atoms with Crippen molar-refractivity contribution in [2.75, 3.05) is 0 Å². The van der Waals surface area contributed by atoms with E-state index in [1.165, 1.54) is 0 Å². The number of benzene rings is 1. The number of ether oxygens (including phenoxy) is 1. The molecule has 86 valence electrons. The molecule has 0 heterocycles. The molecule has 0 radical (unpaired) electrons. The maximum atomic E-state index is 11.7. The average molecular weight is 218 g/mol. The van der Waals surface area contributed by atoms with Crippen molar-refractivity contribution in [3.8, 4) is 5.75 Å². The van der Waals surface area contributed by atoms with E-state index >= 15 is 0 Å². The zero-order valence-electron chi connectivity index (χ0n) is 9.90. The molecular formula is C14H18O2. The van der Waals surface area contributed by atoms with Crippen molar-refractivity contribution in [1.82, 2.24) is 0 Å². The van der Waals surface area contributed by atoms with E-state index in [0.717, 1.165) is 30.6 Å². The molecule has 1 aliphatic rings. The lowest BCUT2D eigenvalue weighted by Gasteiger charge is -2.23. The first-order valence-corrected chi connectivity index (χ1v) is 5.99. The van der Waals surface area contributed by atoms with Crippen LogP contribution in [0.4, 0.5) is 0 Å². The van der Waals surface area contributed by atoms with Gasteiger partial charge in [-0.1, -0.05) is 38.5 Å². The van der Waals surface area contributed by atoms with Crippen LogP contribution in [0.2, 0.25) is 0 Å². The summed E-state index contributed by atoms with van der Waals surface area (Å²) in [6, 6.07) is 7.80. The number of carbonyl (C=O) groups is 1.